The van der Waals surface area contributed by atoms with Gasteiger partial charge < -0.3 is 14.8 Å². The largest absolute Gasteiger partial charge is 0.454 e. The quantitative estimate of drug-likeness (QED) is 0.847. The number of halogens is 2. The maximum atomic E-state index is 11.9. The lowest BCUT2D eigenvalue weighted by atomic mass is 10.2. The first-order valence-corrected chi connectivity index (χ1v) is 7.67. The molecule has 1 amide bonds. The van der Waals surface area contributed by atoms with E-state index in [9.17, 15) is 4.79 Å². The highest BCUT2D eigenvalue weighted by Gasteiger charge is 2.13. The zero-order chi connectivity index (χ0) is 16.2. The average molecular weight is 350 g/mol. The zero-order valence-corrected chi connectivity index (χ0v) is 13.5. The summed E-state index contributed by atoms with van der Waals surface area (Å²) in [6.45, 7) is 0.629. The van der Waals surface area contributed by atoms with Gasteiger partial charge in [0.25, 0.3) is 0 Å². The molecule has 0 bridgehead atoms. The third-order valence-electron chi connectivity index (χ3n) is 3.28. The molecule has 0 aromatic heterocycles. The zero-order valence-electron chi connectivity index (χ0n) is 12.0. The SMILES string of the molecule is O=C(/C=C/c1ccc(Cl)cc1Cl)NCc1ccc2c(c1)OCO2. The molecule has 1 heterocycles. The first kappa shape index (κ1) is 15.7. The number of carbonyl (C=O) groups excluding carboxylic acids is 1. The highest BCUT2D eigenvalue weighted by atomic mass is 35.5. The highest BCUT2D eigenvalue weighted by Crippen LogP contribution is 2.32. The van der Waals surface area contributed by atoms with Crippen LogP contribution in [-0.2, 0) is 11.3 Å². The van der Waals surface area contributed by atoms with Crippen LogP contribution in [0.5, 0.6) is 11.5 Å². The van der Waals surface area contributed by atoms with Gasteiger partial charge in [-0.05, 0) is 41.5 Å². The second-order valence-electron chi connectivity index (χ2n) is 4.90. The molecule has 0 fully saturated rings. The summed E-state index contributed by atoms with van der Waals surface area (Å²) in [4.78, 5) is 11.9. The van der Waals surface area contributed by atoms with E-state index >= 15 is 0 Å². The van der Waals surface area contributed by atoms with Crippen molar-refractivity contribution in [2.75, 3.05) is 6.79 Å². The molecule has 3 rings (SSSR count). The van der Waals surface area contributed by atoms with Gasteiger partial charge in [0.1, 0.15) is 0 Å². The normalized spacial score (nSPS) is 12.6. The first-order chi connectivity index (χ1) is 11.1. The van der Waals surface area contributed by atoms with Crippen molar-refractivity contribution in [3.63, 3.8) is 0 Å². The van der Waals surface area contributed by atoms with Crippen molar-refractivity contribution in [1.29, 1.82) is 0 Å². The van der Waals surface area contributed by atoms with Crippen molar-refractivity contribution < 1.29 is 14.3 Å². The van der Waals surface area contributed by atoms with Crippen LogP contribution >= 0.6 is 23.2 Å². The molecule has 0 atom stereocenters. The molecule has 1 N–H and O–H groups in total. The minimum absolute atomic E-state index is 0.214. The first-order valence-electron chi connectivity index (χ1n) is 6.91. The summed E-state index contributed by atoms with van der Waals surface area (Å²) in [5.74, 6) is 1.20. The summed E-state index contributed by atoms with van der Waals surface area (Å²) >= 11 is 11.9. The number of amides is 1. The van der Waals surface area contributed by atoms with Gasteiger partial charge in [0, 0.05) is 22.7 Å². The van der Waals surface area contributed by atoms with Crippen LogP contribution in [0, 0.1) is 0 Å². The maximum absolute atomic E-state index is 11.9. The van der Waals surface area contributed by atoms with E-state index in [1.807, 2.05) is 18.2 Å². The molecule has 2 aromatic rings. The lowest BCUT2D eigenvalue weighted by Crippen LogP contribution is -2.20. The third-order valence-corrected chi connectivity index (χ3v) is 3.84. The number of benzene rings is 2. The van der Waals surface area contributed by atoms with Gasteiger partial charge in [-0.25, -0.2) is 0 Å². The molecular weight excluding hydrogens is 337 g/mol. The molecule has 1 aliphatic rings. The Morgan fingerprint density at radius 3 is 2.78 bits per heavy atom. The van der Waals surface area contributed by atoms with Crippen LogP contribution in [0.1, 0.15) is 11.1 Å². The lowest BCUT2D eigenvalue weighted by Gasteiger charge is -2.04. The molecule has 0 aliphatic carbocycles. The molecule has 2 aromatic carbocycles. The van der Waals surface area contributed by atoms with Crippen LogP contribution < -0.4 is 14.8 Å². The van der Waals surface area contributed by atoms with Gasteiger partial charge in [-0.2, -0.15) is 0 Å². The molecule has 23 heavy (non-hydrogen) atoms. The number of rotatable bonds is 4. The second-order valence-corrected chi connectivity index (χ2v) is 5.75. The van der Waals surface area contributed by atoms with Gasteiger partial charge in [-0.1, -0.05) is 35.3 Å². The fraction of sp³-hybridized carbons (Fsp3) is 0.118. The Balaban J connectivity index is 1.58. The molecule has 1 aliphatic heterocycles. The van der Waals surface area contributed by atoms with E-state index in [0.717, 1.165) is 16.9 Å². The Kier molecular flexibility index (Phi) is 4.74. The summed E-state index contributed by atoms with van der Waals surface area (Å²) in [6, 6.07) is 10.7. The molecule has 0 radical (unpaired) electrons. The van der Waals surface area contributed by atoms with Crippen LogP contribution in [0.4, 0.5) is 0 Å². The van der Waals surface area contributed by atoms with E-state index in [-0.39, 0.29) is 12.7 Å². The van der Waals surface area contributed by atoms with E-state index in [0.29, 0.717) is 22.3 Å². The smallest absolute Gasteiger partial charge is 0.244 e. The minimum Gasteiger partial charge on any atom is -0.454 e. The van der Waals surface area contributed by atoms with Crippen LogP contribution in [0.2, 0.25) is 10.0 Å². The highest BCUT2D eigenvalue weighted by molar-refractivity contribution is 6.35. The van der Waals surface area contributed by atoms with Crippen LogP contribution in [0.3, 0.4) is 0 Å². The molecule has 4 nitrogen and oxygen atoms in total. The van der Waals surface area contributed by atoms with E-state index in [4.69, 9.17) is 32.7 Å². The van der Waals surface area contributed by atoms with Gasteiger partial charge in [-0.3, -0.25) is 4.79 Å². The summed E-state index contributed by atoms with van der Waals surface area (Å²) in [5.41, 5.74) is 1.66. The summed E-state index contributed by atoms with van der Waals surface area (Å²) in [6.07, 6.45) is 3.08. The molecule has 6 heteroatoms. The second kappa shape index (κ2) is 6.94. The Bertz CT molecular complexity index is 774. The predicted octanol–water partition coefficient (Wildman–Crippen LogP) is 4.05. The predicted molar refractivity (Wildman–Crippen MR) is 89.9 cm³/mol. The maximum Gasteiger partial charge on any atom is 0.244 e. The molecule has 118 valence electrons. The summed E-state index contributed by atoms with van der Waals surface area (Å²) in [7, 11) is 0. The van der Waals surface area contributed by atoms with E-state index in [1.54, 1.807) is 24.3 Å². The number of ether oxygens (including phenoxy) is 2. The van der Waals surface area contributed by atoms with Gasteiger partial charge in [-0.15, -0.1) is 0 Å². The van der Waals surface area contributed by atoms with Gasteiger partial charge in [0.15, 0.2) is 11.5 Å². The van der Waals surface area contributed by atoms with Crippen molar-refractivity contribution >= 4 is 35.2 Å². The number of nitrogens with one attached hydrogen (secondary N) is 1. The van der Waals surface area contributed by atoms with Crippen LogP contribution in [0.15, 0.2) is 42.5 Å². The third kappa shape index (κ3) is 3.97. The number of hydrogen-bond acceptors (Lipinski definition) is 3. The van der Waals surface area contributed by atoms with Crippen molar-refractivity contribution in [3.05, 3.63) is 63.6 Å². The van der Waals surface area contributed by atoms with Crippen LogP contribution in [0.25, 0.3) is 6.08 Å². The summed E-state index contributed by atoms with van der Waals surface area (Å²) < 4.78 is 10.5. The van der Waals surface area contributed by atoms with Crippen molar-refractivity contribution in [2.45, 2.75) is 6.54 Å². The lowest BCUT2D eigenvalue weighted by molar-refractivity contribution is -0.116. The van der Waals surface area contributed by atoms with Crippen molar-refractivity contribution in [2.24, 2.45) is 0 Å². The Hall–Kier alpha value is -2.17. The Labute approximate surface area is 143 Å². The number of hydrogen-bond donors (Lipinski definition) is 1. The fourth-order valence-corrected chi connectivity index (χ4v) is 2.57. The van der Waals surface area contributed by atoms with Crippen molar-refractivity contribution in [3.8, 4) is 11.5 Å². The summed E-state index contributed by atoms with van der Waals surface area (Å²) in [5, 5.41) is 3.85. The average Bonchev–Trinajstić information content (AvgIpc) is 2.99. The Morgan fingerprint density at radius 2 is 1.96 bits per heavy atom. The monoisotopic (exact) mass is 349 g/mol. The van der Waals surface area contributed by atoms with Crippen molar-refractivity contribution in [1.82, 2.24) is 5.32 Å². The van der Waals surface area contributed by atoms with Gasteiger partial charge >= 0.3 is 0 Å². The number of carbonyl (C=O) groups is 1. The van der Waals surface area contributed by atoms with Gasteiger partial charge in [0.05, 0.1) is 0 Å². The van der Waals surface area contributed by atoms with E-state index in [1.165, 1.54) is 6.08 Å². The molecule has 0 unspecified atom stereocenters. The molecule has 0 spiro atoms. The molecule has 0 saturated carbocycles. The number of fused-ring (bicyclic) bond motifs is 1. The van der Waals surface area contributed by atoms with E-state index < -0.39 is 0 Å². The van der Waals surface area contributed by atoms with Gasteiger partial charge in [0.2, 0.25) is 12.7 Å². The fourth-order valence-electron chi connectivity index (χ4n) is 2.10. The van der Waals surface area contributed by atoms with Crippen LogP contribution in [-0.4, -0.2) is 12.7 Å². The molecular formula is C17H13Cl2NO3. The molecule has 0 saturated heterocycles. The standard InChI is InChI=1S/C17H13Cl2NO3/c18-13-4-2-12(14(19)8-13)3-6-17(21)20-9-11-1-5-15-16(7-11)23-10-22-15/h1-8H,9-10H2,(H,20,21)/b6-3+. The minimum atomic E-state index is -0.214. The van der Waals surface area contributed by atoms with E-state index in [2.05, 4.69) is 5.32 Å². The Morgan fingerprint density at radius 1 is 1.13 bits per heavy atom. The topological polar surface area (TPSA) is 47.6 Å².